The largest absolute Gasteiger partial charge is 0.353 e. The number of rotatable bonds is 9. The summed E-state index contributed by atoms with van der Waals surface area (Å²) in [4.78, 5) is 30.5. The monoisotopic (exact) mass is 407 g/mol. The van der Waals surface area contributed by atoms with E-state index in [1.54, 1.807) is 0 Å². The van der Waals surface area contributed by atoms with Crippen molar-refractivity contribution in [3.05, 3.63) is 59.9 Å². The first-order valence-electron chi connectivity index (χ1n) is 11.2. The maximum absolute atomic E-state index is 13.4. The lowest BCUT2D eigenvalue weighted by molar-refractivity contribution is -0.143. The highest BCUT2D eigenvalue weighted by atomic mass is 16.2. The fourth-order valence-electron chi connectivity index (χ4n) is 4.30. The summed E-state index contributed by atoms with van der Waals surface area (Å²) in [7, 11) is 2.01. The number of benzene rings is 1. The van der Waals surface area contributed by atoms with Crippen LogP contribution in [0.1, 0.15) is 56.7 Å². The van der Waals surface area contributed by atoms with Crippen LogP contribution in [0.5, 0.6) is 0 Å². The Morgan fingerprint density at radius 1 is 1.13 bits per heavy atom. The first-order valence-corrected chi connectivity index (χ1v) is 11.2. The molecule has 1 aromatic heterocycles. The van der Waals surface area contributed by atoms with E-state index in [2.05, 4.69) is 36.6 Å². The van der Waals surface area contributed by atoms with Crippen LogP contribution in [0.3, 0.4) is 0 Å². The second-order valence-corrected chi connectivity index (χ2v) is 8.95. The van der Waals surface area contributed by atoms with Gasteiger partial charge in [-0.05, 0) is 56.2 Å². The van der Waals surface area contributed by atoms with Gasteiger partial charge in [0, 0.05) is 36.9 Å². The Morgan fingerprint density at radius 3 is 2.47 bits per heavy atom. The standard InChI is InChI=1S/C25H33N3O2/c1-4-18(2)27(25(30)23-15-22(23)19-9-6-5-7-10-19)17-24(29)28(20-12-13-20)16-21-11-8-14-26(21)3/h5-11,14,18,20,22-23H,4,12-13,15-17H2,1-3H3. The summed E-state index contributed by atoms with van der Waals surface area (Å²) in [6.45, 7) is 4.95. The molecule has 5 nitrogen and oxygen atoms in total. The summed E-state index contributed by atoms with van der Waals surface area (Å²) in [6.07, 6.45) is 5.87. The zero-order valence-electron chi connectivity index (χ0n) is 18.3. The second-order valence-electron chi connectivity index (χ2n) is 8.95. The number of hydrogen-bond donors (Lipinski definition) is 0. The Balaban J connectivity index is 1.45. The van der Waals surface area contributed by atoms with Crippen LogP contribution in [0.4, 0.5) is 0 Å². The molecule has 0 bridgehead atoms. The minimum Gasteiger partial charge on any atom is -0.353 e. The van der Waals surface area contributed by atoms with Gasteiger partial charge in [0.05, 0.1) is 6.54 Å². The van der Waals surface area contributed by atoms with Gasteiger partial charge in [-0.1, -0.05) is 37.3 Å². The topological polar surface area (TPSA) is 45.6 Å². The number of amides is 2. The molecule has 1 aromatic carbocycles. The SMILES string of the molecule is CCC(C)N(CC(=O)N(Cc1cccn1C)C1CC1)C(=O)C1CC1c1ccccc1. The summed E-state index contributed by atoms with van der Waals surface area (Å²) in [5.41, 5.74) is 2.36. The van der Waals surface area contributed by atoms with Crippen molar-refractivity contribution in [3.63, 3.8) is 0 Å². The van der Waals surface area contributed by atoms with Gasteiger partial charge < -0.3 is 14.4 Å². The molecule has 0 saturated heterocycles. The number of hydrogen-bond acceptors (Lipinski definition) is 2. The normalized spacial score (nSPS) is 21.2. The molecule has 30 heavy (non-hydrogen) atoms. The van der Waals surface area contributed by atoms with Crippen LogP contribution < -0.4 is 0 Å². The Kier molecular flexibility index (Phi) is 5.98. The molecule has 2 saturated carbocycles. The van der Waals surface area contributed by atoms with E-state index in [1.165, 1.54) is 5.56 Å². The van der Waals surface area contributed by atoms with Crippen LogP contribution in [0, 0.1) is 5.92 Å². The van der Waals surface area contributed by atoms with Gasteiger partial charge in [0.2, 0.25) is 11.8 Å². The lowest BCUT2D eigenvalue weighted by Gasteiger charge is -2.31. The highest BCUT2D eigenvalue weighted by molar-refractivity contribution is 5.88. The van der Waals surface area contributed by atoms with Crippen molar-refractivity contribution in [1.29, 1.82) is 0 Å². The van der Waals surface area contributed by atoms with Crippen LogP contribution in [-0.2, 0) is 23.2 Å². The van der Waals surface area contributed by atoms with E-state index in [9.17, 15) is 9.59 Å². The molecule has 2 fully saturated rings. The van der Waals surface area contributed by atoms with Gasteiger partial charge in [-0.2, -0.15) is 0 Å². The van der Waals surface area contributed by atoms with Gasteiger partial charge >= 0.3 is 0 Å². The predicted octanol–water partition coefficient (Wildman–Crippen LogP) is 3.95. The molecule has 2 aliphatic rings. The number of aryl methyl sites for hydroxylation is 1. The fourth-order valence-corrected chi connectivity index (χ4v) is 4.30. The van der Waals surface area contributed by atoms with E-state index < -0.39 is 0 Å². The first-order chi connectivity index (χ1) is 14.5. The third-order valence-corrected chi connectivity index (χ3v) is 6.74. The summed E-state index contributed by atoms with van der Waals surface area (Å²) in [6, 6.07) is 14.7. The molecule has 0 radical (unpaired) electrons. The van der Waals surface area contributed by atoms with Gasteiger partial charge in [-0.3, -0.25) is 9.59 Å². The Hall–Kier alpha value is -2.56. The van der Waals surface area contributed by atoms with Crippen molar-refractivity contribution >= 4 is 11.8 Å². The smallest absolute Gasteiger partial charge is 0.242 e. The molecular weight excluding hydrogens is 374 g/mol. The van der Waals surface area contributed by atoms with E-state index >= 15 is 0 Å². The molecule has 0 N–H and O–H groups in total. The maximum atomic E-state index is 13.4. The summed E-state index contributed by atoms with van der Waals surface area (Å²) >= 11 is 0. The van der Waals surface area contributed by atoms with Crippen molar-refractivity contribution < 1.29 is 9.59 Å². The average Bonchev–Trinajstić information content (AvgIpc) is 3.68. The zero-order valence-corrected chi connectivity index (χ0v) is 18.3. The van der Waals surface area contributed by atoms with Crippen molar-refractivity contribution in [1.82, 2.24) is 14.4 Å². The van der Waals surface area contributed by atoms with E-state index in [0.717, 1.165) is 31.4 Å². The quantitative estimate of drug-likeness (QED) is 0.632. The fraction of sp³-hybridized carbons (Fsp3) is 0.520. The third-order valence-electron chi connectivity index (χ3n) is 6.74. The lowest BCUT2D eigenvalue weighted by Crippen LogP contribution is -2.47. The zero-order chi connectivity index (χ0) is 21.3. The average molecular weight is 408 g/mol. The molecule has 5 heteroatoms. The Labute approximate surface area is 179 Å². The summed E-state index contributed by atoms with van der Waals surface area (Å²) in [5.74, 6) is 0.519. The maximum Gasteiger partial charge on any atom is 0.242 e. The minimum atomic E-state index is 0.0106. The van der Waals surface area contributed by atoms with Crippen LogP contribution in [0.25, 0.3) is 0 Å². The second kappa shape index (κ2) is 8.66. The Morgan fingerprint density at radius 2 is 1.87 bits per heavy atom. The van der Waals surface area contributed by atoms with E-state index in [-0.39, 0.29) is 30.3 Å². The molecule has 2 aromatic rings. The Bertz CT molecular complexity index is 887. The molecule has 3 unspecified atom stereocenters. The van der Waals surface area contributed by atoms with Crippen LogP contribution in [0.2, 0.25) is 0 Å². The van der Waals surface area contributed by atoms with Gasteiger partial charge in [0.1, 0.15) is 6.54 Å². The summed E-state index contributed by atoms with van der Waals surface area (Å²) in [5, 5.41) is 0. The van der Waals surface area contributed by atoms with Crippen LogP contribution >= 0.6 is 0 Å². The molecule has 0 aliphatic heterocycles. The molecular formula is C25H33N3O2. The van der Waals surface area contributed by atoms with Gasteiger partial charge in [0.25, 0.3) is 0 Å². The van der Waals surface area contributed by atoms with E-state index in [4.69, 9.17) is 0 Å². The molecule has 0 spiro atoms. The van der Waals surface area contributed by atoms with Crippen molar-refractivity contribution in [2.75, 3.05) is 6.54 Å². The highest BCUT2D eigenvalue weighted by Gasteiger charge is 2.47. The summed E-state index contributed by atoms with van der Waals surface area (Å²) < 4.78 is 2.06. The number of nitrogens with zero attached hydrogens (tertiary/aromatic N) is 3. The van der Waals surface area contributed by atoms with Crippen molar-refractivity contribution in [2.45, 2.75) is 64.1 Å². The van der Waals surface area contributed by atoms with Crippen LogP contribution in [-0.4, -0.2) is 44.8 Å². The molecule has 1 heterocycles. The van der Waals surface area contributed by atoms with Gasteiger partial charge in [-0.15, -0.1) is 0 Å². The third kappa shape index (κ3) is 4.45. The highest BCUT2D eigenvalue weighted by Crippen LogP contribution is 2.48. The van der Waals surface area contributed by atoms with Crippen molar-refractivity contribution in [3.8, 4) is 0 Å². The predicted molar refractivity (Wildman–Crippen MR) is 118 cm³/mol. The number of aromatic nitrogens is 1. The molecule has 3 atom stereocenters. The molecule has 4 rings (SSSR count). The first kappa shape index (κ1) is 20.7. The number of carbonyl (C=O) groups excluding carboxylic acids is 2. The molecule has 160 valence electrons. The lowest BCUT2D eigenvalue weighted by atomic mass is 10.1. The molecule has 2 aliphatic carbocycles. The minimum absolute atomic E-state index is 0.0106. The van der Waals surface area contributed by atoms with Crippen molar-refractivity contribution in [2.24, 2.45) is 13.0 Å². The van der Waals surface area contributed by atoms with Gasteiger partial charge in [-0.25, -0.2) is 0 Å². The van der Waals surface area contributed by atoms with E-state index in [1.807, 2.05) is 47.3 Å². The van der Waals surface area contributed by atoms with Crippen LogP contribution in [0.15, 0.2) is 48.7 Å². The molecule has 2 amide bonds. The number of carbonyl (C=O) groups is 2. The van der Waals surface area contributed by atoms with E-state index in [0.29, 0.717) is 18.5 Å². The van der Waals surface area contributed by atoms with Gasteiger partial charge in [0.15, 0.2) is 0 Å².